The van der Waals surface area contributed by atoms with E-state index in [0.717, 1.165) is 18.4 Å². The normalized spacial score (nSPS) is 29.6. The van der Waals surface area contributed by atoms with Gasteiger partial charge in [-0.25, -0.2) is 17.9 Å². The lowest BCUT2D eigenvalue weighted by molar-refractivity contribution is -0.164. The summed E-state index contributed by atoms with van der Waals surface area (Å²) in [5, 5.41) is 10.5. The first-order valence-electron chi connectivity index (χ1n) is 11.0. The van der Waals surface area contributed by atoms with E-state index in [9.17, 15) is 18.3 Å². The number of aryl methyl sites for hydroxylation is 1. The van der Waals surface area contributed by atoms with Crippen molar-refractivity contribution in [2.45, 2.75) is 63.7 Å². The first kappa shape index (κ1) is 23.0. The molecule has 2 bridgehead atoms. The van der Waals surface area contributed by atoms with Gasteiger partial charge in [0.2, 0.25) is 10.0 Å². The van der Waals surface area contributed by atoms with Crippen molar-refractivity contribution in [2.24, 2.45) is 16.7 Å². The molecule has 4 rings (SSSR count). The van der Waals surface area contributed by atoms with Crippen LogP contribution < -0.4 is 4.72 Å². The van der Waals surface area contributed by atoms with Crippen LogP contribution in [-0.4, -0.2) is 31.6 Å². The Morgan fingerprint density at radius 2 is 1.72 bits per heavy atom. The van der Waals surface area contributed by atoms with Crippen LogP contribution in [0.5, 0.6) is 0 Å². The van der Waals surface area contributed by atoms with Crippen molar-refractivity contribution in [2.75, 3.05) is 0 Å². The van der Waals surface area contributed by atoms with Crippen molar-refractivity contribution in [1.29, 1.82) is 0 Å². The largest absolute Gasteiger partial charge is 0.458 e. The van der Waals surface area contributed by atoms with Gasteiger partial charge in [0, 0.05) is 5.92 Å². The SMILES string of the molecule is Cc1ccc(S(=O)(=O)N[C@@H]2[C@H](OC(=O)[C@@H](O)c3ccccc3)[C@H]3CC[C@]2(C)C3(C)C)cc1. The summed E-state index contributed by atoms with van der Waals surface area (Å²) in [6.07, 6.45) is -0.400. The zero-order valence-electron chi connectivity index (χ0n) is 18.9. The van der Waals surface area contributed by atoms with Crippen molar-refractivity contribution >= 4 is 16.0 Å². The molecular formula is C25H31NO5S. The molecule has 0 heterocycles. The van der Waals surface area contributed by atoms with E-state index in [4.69, 9.17) is 4.74 Å². The highest BCUT2D eigenvalue weighted by atomic mass is 32.2. The molecule has 6 nitrogen and oxygen atoms in total. The summed E-state index contributed by atoms with van der Waals surface area (Å²) < 4.78 is 35.2. The van der Waals surface area contributed by atoms with Crippen molar-refractivity contribution in [3.8, 4) is 0 Å². The Kier molecular flexibility index (Phi) is 5.72. The van der Waals surface area contributed by atoms with Crippen molar-refractivity contribution < 1.29 is 23.1 Å². The Bertz CT molecular complexity index is 1100. The number of aliphatic hydroxyl groups excluding tert-OH is 1. The van der Waals surface area contributed by atoms with Crippen molar-refractivity contribution in [3.05, 3.63) is 65.7 Å². The Morgan fingerprint density at radius 1 is 1.09 bits per heavy atom. The van der Waals surface area contributed by atoms with Crippen LogP contribution in [0.3, 0.4) is 0 Å². The van der Waals surface area contributed by atoms with E-state index in [1.54, 1.807) is 54.6 Å². The van der Waals surface area contributed by atoms with Crippen molar-refractivity contribution in [3.63, 3.8) is 0 Å². The third kappa shape index (κ3) is 3.66. The van der Waals surface area contributed by atoms with Gasteiger partial charge in [0.15, 0.2) is 6.10 Å². The molecule has 0 aromatic heterocycles. The minimum Gasteiger partial charge on any atom is -0.458 e. The number of nitrogens with one attached hydrogen (secondary N) is 1. The second-order valence-electron chi connectivity index (χ2n) is 9.91. The fourth-order valence-electron chi connectivity index (χ4n) is 5.56. The minimum atomic E-state index is -3.82. The highest BCUT2D eigenvalue weighted by molar-refractivity contribution is 7.89. The summed E-state index contributed by atoms with van der Waals surface area (Å²) >= 11 is 0. The fourth-order valence-corrected chi connectivity index (χ4v) is 6.92. The number of esters is 1. The standard InChI is InChI=1S/C25H31NO5S/c1-16-10-12-18(13-11-16)32(29,30)26-22-21(19-14-15-25(22,4)24(19,2)3)31-23(28)20(27)17-8-6-5-7-9-17/h5-13,19-22,26-27H,14-15H2,1-4H3/t19-,20+,21-,22-,25+/m1/s1. The molecule has 0 radical (unpaired) electrons. The zero-order chi connectivity index (χ0) is 23.3. The summed E-state index contributed by atoms with van der Waals surface area (Å²) in [5.41, 5.74) is 0.787. The zero-order valence-corrected chi connectivity index (χ0v) is 19.7. The molecule has 0 aliphatic heterocycles. The van der Waals surface area contributed by atoms with Crippen LogP contribution in [0.1, 0.15) is 50.8 Å². The van der Waals surface area contributed by atoms with Crippen LogP contribution in [0.2, 0.25) is 0 Å². The first-order valence-corrected chi connectivity index (χ1v) is 12.5. The van der Waals surface area contributed by atoms with Crippen LogP contribution in [0, 0.1) is 23.7 Å². The third-order valence-corrected chi connectivity index (χ3v) is 9.45. The number of carbonyl (C=O) groups is 1. The number of carbonyl (C=O) groups excluding carboxylic acids is 1. The summed E-state index contributed by atoms with van der Waals surface area (Å²) in [6, 6.07) is 14.7. The number of ether oxygens (including phenoxy) is 1. The van der Waals surface area contributed by atoms with Crippen LogP contribution in [0.4, 0.5) is 0 Å². The third-order valence-electron chi connectivity index (χ3n) is 7.99. The van der Waals surface area contributed by atoms with Gasteiger partial charge in [-0.2, -0.15) is 0 Å². The van der Waals surface area contributed by atoms with Gasteiger partial charge in [0.25, 0.3) is 0 Å². The van der Waals surface area contributed by atoms with Gasteiger partial charge < -0.3 is 9.84 Å². The van der Waals surface area contributed by atoms with E-state index >= 15 is 0 Å². The summed E-state index contributed by atoms with van der Waals surface area (Å²) in [7, 11) is -3.82. The smallest absolute Gasteiger partial charge is 0.339 e. The molecule has 2 aliphatic carbocycles. The van der Waals surface area contributed by atoms with E-state index in [-0.39, 0.29) is 16.2 Å². The maximum Gasteiger partial charge on any atom is 0.339 e. The van der Waals surface area contributed by atoms with Gasteiger partial charge in [-0.3, -0.25) is 0 Å². The molecule has 172 valence electrons. The Hall–Kier alpha value is -2.22. The minimum absolute atomic E-state index is 0.00913. The van der Waals surface area contributed by atoms with E-state index in [1.807, 2.05) is 6.92 Å². The predicted octanol–water partition coefficient (Wildman–Crippen LogP) is 3.74. The molecule has 0 saturated heterocycles. The molecule has 2 aliphatic rings. The molecule has 0 spiro atoms. The average Bonchev–Trinajstić information content (AvgIpc) is 3.07. The van der Waals surface area contributed by atoms with Gasteiger partial charge in [-0.15, -0.1) is 0 Å². The summed E-state index contributed by atoms with van der Waals surface area (Å²) in [6.45, 7) is 8.19. The lowest BCUT2D eigenvalue weighted by Gasteiger charge is -2.40. The molecule has 7 heteroatoms. The number of aliphatic hydroxyl groups is 1. The lowest BCUT2D eigenvalue weighted by atomic mass is 9.69. The molecule has 32 heavy (non-hydrogen) atoms. The van der Waals surface area contributed by atoms with Gasteiger partial charge in [0.05, 0.1) is 10.9 Å². The number of benzene rings is 2. The molecule has 2 aromatic rings. The van der Waals surface area contributed by atoms with E-state index in [1.165, 1.54) is 0 Å². The highest BCUT2D eigenvalue weighted by Crippen LogP contribution is 2.66. The van der Waals surface area contributed by atoms with Gasteiger partial charge in [-0.05, 0) is 48.3 Å². The second kappa shape index (κ2) is 7.97. The maximum absolute atomic E-state index is 13.2. The van der Waals surface area contributed by atoms with Crippen LogP contribution in [-0.2, 0) is 19.6 Å². The van der Waals surface area contributed by atoms with Crippen LogP contribution in [0.25, 0.3) is 0 Å². The molecule has 2 saturated carbocycles. The molecule has 2 fully saturated rings. The number of hydrogen-bond acceptors (Lipinski definition) is 5. The number of hydrogen-bond donors (Lipinski definition) is 2. The quantitative estimate of drug-likeness (QED) is 0.645. The Balaban J connectivity index is 1.63. The van der Waals surface area contributed by atoms with E-state index < -0.39 is 39.7 Å². The number of fused-ring (bicyclic) bond motifs is 2. The topological polar surface area (TPSA) is 92.7 Å². The van der Waals surface area contributed by atoms with Gasteiger partial charge >= 0.3 is 5.97 Å². The van der Waals surface area contributed by atoms with E-state index in [2.05, 4.69) is 25.5 Å². The highest BCUT2D eigenvalue weighted by Gasteiger charge is 2.68. The number of rotatable bonds is 6. The fraction of sp³-hybridized carbons (Fsp3) is 0.480. The predicted molar refractivity (Wildman–Crippen MR) is 121 cm³/mol. The summed E-state index contributed by atoms with van der Waals surface area (Å²) in [4.78, 5) is 13.0. The summed E-state index contributed by atoms with van der Waals surface area (Å²) in [5.74, 6) is -0.766. The first-order chi connectivity index (χ1) is 15.0. The van der Waals surface area contributed by atoms with Crippen molar-refractivity contribution in [1.82, 2.24) is 4.72 Å². The molecule has 5 atom stereocenters. The molecule has 0 unspecified atom stereocenters. The maximum atomic E-state index is 13.2. The molecular weight excluding hydrogens is 426 g/mol. The van der Waals surface area contributed by atoms with E-state index in [0.29, 0.717) is 5.56 Å². The second-order valence-corrected chi connectivity index (χ2v) is 11.6. The molecule has 0 amide bonds. The van der Waals surface area contributed by atoms with Crippen LogP contribution >= 0.6 is 0 Å². The lowest BCUT2D eigenvalue weighted by Crippen LogP contribution is -2.53. The number of sulfonamides is 1. The molecule has 2 N–H and O–H groups in total. The molecule has 2 aromatic carbocycles. The Labute approximate surface area is 190 Å². The van der Waals surface area contributed by atoms with Gasteiger partial charge in [-0.1, -0.05) is 68.8 Å². The average molecular weight is 458 g/mol. The Morgan fingerprint density at radius 3 is 2.34 bits per heavy atom. The van der Waals surface area contributed by atoms with Gasteiger partial charge in [0.1, 0.15) is 6.10 Å². The monoisotopic (exact) mass is 457 g/mol. The van der Waals surface area contributed by atoms with Crippen LogP contribution in [0.15, 0.2) is 59.5 Å².